The molecular weight excluding hydrogens is 406 g/mol. The van der Waals surface area contributed by atoms with Crippen LogP contribution in [0.25, 0.3) is 10.2 Å². The number of hydrogen-bond donors (Lipinski definition) is 1. The van der Waals surface area contributed by atoms with Gasteiger partial charge in [0.25, 0.3) is 5.91 Å². The first kappa shape index (κ1) is 20.6. The van der Waals surface area contributed by atoms with Crippen LogP contribution in [-0.4, -0.2) is 44.7 Å². The van der Waals surface area contributed by atoms with Crippen LogP contribution in [0.4, 0.5) is 0 Å². The molecular formula is C24H31N5OS. The van der Waals surface area contributed by atoms with Crippen molar-refractivity contribution < 1.29 is 4.79 Å². The summed E-state index contributed by atoms with van der Waals surface area (Å²) in [6, 6.07) is 8.66. The van der Waals surface area contributed by atoms with Crippen molar-refractivity contribution in [1.82, 2.24) is 25.0 Å². The van der Waals surface area contributed by atoms with Gasteiger partial charge in [-0.25, -0.2) is 4.98 Å². The zero-order valence-corrected chi connectivity index (χ0v) is 19.1. The molecule has 7 heteroatoms. The monoisotopic (exact) mass is 437 g/mol. The van der Waals surface area contributed by atoms with Crippen LogP contribution >= 0.6 is 11.3 Å². The molecule has 2 aromatic heterocycles. The average Bonchev–Trinajstić information content (AvgIpc) is 3.39. The number of amides is 1. The van der Waals surface area contributed by atoms with E-state index in [-0.39, 0.29) is 5.91 Å². The number of likely N-dealkylation sites (tertiary alicyclic amines) is 1. The van der Waals surface area contributed by atoms with Gasteiger partial charge in [0.05, 0.1) is 10.2 Å². The molecule has 1 N–H and O–H groups in total. The molecule has 1 aliphatic carbocycles. The minimum Gasteiger partial charge on any atom is -0.337 e. The first-order valence-electron chi connectivity index (χ1n) is 11.7. The number of nitrogens with zero attached hydrogens (tertiary/aromatic N) is 4. The Labute approximate surface area is 187 Å². The zero-order chi connectivity index (χ0) is 21.2. The number of aromatic nitrogens is 3. The van der Waals surface area contributed by atoms with E-state index < -0.39 is 0 Å². The smallest absolute Gasteiger partial charge is 0.274 e. The molecule has 1 atom stereocenters. The Morgan fingerprint density at radius 3 is 2.87 bits per heavy atom. The highest BCUT2D eigenvalue weighted by Gasteiger charge is 2.31. The summed E-state index contributed by atoms with van der Waals surface area (Å²) in [6.07, 6.45) is 7.40. The molecule has 0 radical (unpaired) electrons. The number of carbonyl (C=O) groups excluding carboxylic acids is 1. The van der Waals surface area contributed by atoms with Crippen molar-refractivity contribution in [3.63, 3.8) is 0 Å². The number of nitrogens with one attached hydrogen (secondary N) is 1. The third-order valence-corrected chi connectivity index (χ3v) is 7.54. The van der Waals surface area contributed by atoms with Crippen molar-refractivity contribution in [3.05, 3.63) is 46.2 Å². The summed E-state index contributed by atoms with van der Waals surface area (Å²) in [7, 11) is 0. The van der Waals surface area contributed by atoms with Crippen LogP contribution in [0.1, 0.15) is 65.8 Å². The minimum atomic E-state index is 0.137. The topological polar surface area (TPSA) is 63.1 Å². The van der Waals surface area contributed by atoms with E-state index in [0.717, 1.165) is 75.2 Å². The van der Waals surface area contributed by atoms with E-state index >= 15 is 0 Å². The number of rotatable bonds is 6. The van der Waals surface area contributed by atoms with E-state index in [1.165, 1.54) is 22.4 Å². The number of aryl methyl sites for hydroxylation is 1. The number of benzene rings is 1. The minimum absolute atomic E-state index is 0.137. The number of carbonyl (C=O) groups is 1. The largest absolute Gasteiger partial charge is 0.337 e. The highest BCUT2D eigenvalue weighted by Crippen LogP contribution is 2.28. The lowest BCUT2D eigenvalue weighted by atomic mass is 9.91. The Morgan fingerprint density at radius 1 is 1.23 bits per heavy atom. The summed E-state index contributed by atoms with van der Waals surface area (Å²) < 4.78 is 3.34. The average molecular weight is 438 g/mol. The molecule has 0 spiro atoms. The van der Waals surface area contributed by atoms with Crippen LogP contribution in [0.2, 0.25) is 0 Å². The lowest BCUT2D eigenvalue weighted by molar-refractivity contribution is 0.0716. The summed E-state index contributed by atoms with van der Waals surface area (Å²) in [6.45, 7) is 5.57. The standard InChI is InChI=1S/C24H31N5OS/c1-2-12-29-20-11-10-17(25-16-22-26-19-8-4-5-9-21(19)31-22)15-18(20)23(27-29)24(30)28-13-6-3-7-14-28/h4-5,8-9,17,25H,2-3,6-7,10-16H2,1H3. The van der Waals surface area contributed by atoms with Crippen LogP contribution in [0, 0.1) is 0 Å². The molecule has 1 fully saturated rings. The molecule has 31 heavy (non-hydrogen) atoms. The Hall–Kier alpha value is -2.25. The number of hydrogen-bond acceptors (Lipinski definition) is 5. The van der Waals surface area contributed by atoms with E-state index in [4.69, 9.17) is 10.1 Å². The summed E-state index contributed by atoms with van der Waals surface area (Å²) in [4.78, 5) is 20.1. The Morgan fingerprint density at radius 2 is 2.06 bits per heavy atom. The van der Waals surface area contributed by atoms with Gasteiger partial charge in [0, 0.05) is 43.5 Å². The lowest BCUT2D eigenvalue weighted by Crippen LogP contribution is -2.38. The Bertz CT molecular complexity index is 1030. The lowest BCUT2D eigenvalue weighted by Gasteiger charge is -2.27. The van der Waals surface area contributed by atoms with Gasteiger partial charge in [-0.05, 0) is 57.1 Å². The first-order valence-corrected chi connectivity index (χ1v) is 12.5. The molecule has 3 heterocycles. The molecule has 1 saturated heterocycles. The van der Waals surface area contributed by atoms with Gasteiger partial charge in [-0.2, -0.15) is 5.10 Å². The van der Waals surface area contributed by atoms with Crippen LogP contribution in [-0.2, 0) is 25.9 Å². The van der Waals surface area contributed by atoms with Gasteiger partial charge in [-0.15, -0.1) is 11.3 Å². The van der Waals surface area contributed by atoms with Gasteiger partial charge < -0.3 is 10.2 Å². The molecule has 1 unspecified atom stereocenters. The van der Waals surface area contributed by atoms with Crippen molar-refractivity contribution in [2.75, 3.05) is 13.1 Å². The van der Waals surface area contributed by atoms with E-state index in [9.17, 15) is 4.79 Å². The van der Waals surface area contributed by atoms with E-state index in [1.807, 2.05) is 11.0 Å². The summed E-state index contributed by atoms with van der Waals surface area (Å²) in [5.41, 5.74) is 4.24. The molecule has 6 nitrogen and oxygen atoms in total. The van der Waals surface area contributed by atoms with Crippen molar-refractivity contribution in [2.45, 2.75) is 71.0 Å². The third-order valence-electron chi connectivity index (χ3n) is 6.51. The molecule has 3 aromatic rings. The highest BCUT2D eigenvalue weighted by molar-refractivity contribution is 7.18. The summed E-state index contributed by atoms with van der Waals surface area (Å²) in [5.74, 6) is 0.137. The van der Waals surface area contributed by atoms with Crippen molar-refractivity contribution in [2.24, 2.45) is 0 Å². The number of fused-ring (bicyclic) bond motifs is 2. The molecule has 1 aliphatic heterocycles. The summed E-state index contributed by atoms with van der Waals surface area (Å²) in [5, 5.41) is 9.66. The summed E-state index contributed by atoms with van der Waals surface area (Å²) >= 11 is 1.76. The fourth-order valence-electron chi connectivity index (χ4n) is 4.90. The van der Waals surface area contributed by atoms with Crippen LogP contribution in [0.3, 0.4) is 0 Å². The van der Waals surface area contributed by atoms with E-state index in [0.29, 0.717) is 11.7 Å². The van der Waals surface area contributed by atoms with E-state index in [2.05, 4.69) is 35.1 Å². The van der Waals surface area contributed by atoms with Crippen molar-refractivity contribution in [1.29, 1.82) is 0 Å². The SMILES string of the molecule is CCCn1nc(C(=O)N2CCCCC2)c2c1CCC(NCc1nc3ccccc3s1)C2. The van der Waals surface area contributed by atoms with Crippen molar-refractivity contribution >= 4 is 27.5 Å². The Balaban J connectivity index is 1.33. The Kier molecular flexibility index (Phi) is 6.05. The molecule has 5 rings (SSSR count). The highest BCUT2D eigenvalue weighted by atomic mass is 32.1. The van der Waals surface area contributed by atoms with Crippen LogP contribution in [0.15, 0.2) is 24.3 Å². The second-order valence-electron chi connectivity index (χ2n) is 8.75. The number of piperidine rings is 1. The molecule has 1 aromatic carbocycles. The maximum absolute atomic E-state index is 13.3. The quantitative estimate of drug-likeness (QED) is 0.629. The van der Waals surface area contributed by atoms with Crippen LogP contribution in [0.5, 0.6) is 0 Å². The number of para-hydroxylation sites is 1. The molecule has 164 valence electrons. The second kappa shape index (κ2) is 9.09. The molecule has 0 bridgehead atoms. The maximum atomic E-state index is 13.3. The van der Waals surface area contributed by atoms with Gasteiger partial charge >= 0.3 is 0 Å². The van der Waals surface area contributed by atoms with Gasteiger partial charge in [0.2, 0.25) is 0 Å². The fraction of sp³-hybridized carbons (Fsp3) is 0.542. The predicted molar refractivity (Wildman–Crippen MR) is 125 cm³/mol. The van der Waals surface area contributed by atoms with Crippen LogP contribution < -0.4 is 5.32 Å². The zero-order valence-electron chi connectivity index (χ0n) is 18.3. The first-order chi connectivity index (χ1) is 15.2. The van der Waals surface area contributed by atoms with E-state index in [1.54, 1.807) is 11.3 Å². The third kappa shape index (κ3) is 4.26. The van der Waals surface area contributed by atoms with Crippen molar-refractivity contribution in [3.8, 4) is 0 Å². The van der Waals surface area contributed by atoms with Gasteiger partial charge in [-0.3, -0.25) is 9.48 Å². The predicted octanol–water partition coefficient (Wildman–Crippen LogP) is 4.18. The normalized spacial score (nSPS) is 19.0. The molecule has 0 saturated carbocycles. The molecule has 2 aliphatic rings. The maximum Gasteiger partial charge on any atom is 0.274 e. The fourth-order valence-corrected chi connectivity index (χ4v) is 5.82. The molecule has 1 amide bonds. The second-order valence-corrected chi connectivity index (χ2v) is 9.86. The number of thiazole rings is 1. The van der Waals surface area contributed by atoms with Gasteiger partial charge in [-0.1, -0.05) is 19.1 Å². The van der Waals surface area contributed by atoms with Gasteiger partial charge in [0.15, 0.2) is 5.69 Å². The van der Waals surface area contributed by atoms with Gasteiger partial charge in [0.1, 0.15) is 5.01 Å².